The Labute approximate surface area is 183 Å². The number of nitrogens with zero attached hydrogens (tertiary/aromatic N) is 1. The van der Waals surface area contributed by atoms with Gasteiger partial charge in [0, 0.05) is 25.2 Å². The molecule has 1 amide bonds. The van der Waals surface area contributed by atoms with E-state index >= 15 is 0 Å². The molecule has 31 heavy (non-hydrogen) atoms. The predicted octanol–water partition coefficient (Wildman–Crippen LogP) is 3.02. The fraction of sp³-hybridized carbons (Fsp3) is 0.522. The maximum Gasteiger partial charge on any atom is 0.287 e. The Kier molecular flexibility index (Phi) is 6.79. The van der Waals surface area contributed by atoms with E-state index in [4.69, 9.17) is 9.15 Å². The predicted molar refractivity (Wildman–Crippen MR) is 117 cm³/mol. The zero-order chi connectivity index (χ0) is 21.7. The number of morpholine rings is 1. The van der Waals surface area contributed by atoms with Crippen LogP contribution in [0.2, 0.25) is 0 Å². The summed E-state index contributed by atoms with van der Waals surface area (Å²) in [4.78, 5) is 15.5. The van der Waals surface area contributed by atoms with Crippen molar-refractivity contribution in [3.05, 3.63) is 54.0 Å². The number of carbonyl (C=O) groups excluding carboxylic acids is 1. The largest absolute Gasteiger partial charge is 0.455 e. The topological polar surface area (TPSA) is 88.9 Å². The second kappa shape index (κ2) is 9.54. The van der Waals surface area contributed by atoms with Gasteiger partial charge in [0.15, 0.2) is 15.6 Å². The van der Waals surface area contributed by atoms with E-state index in [1.807, 2.05) is 0 Å². The first-order valence-electron chi connectivity index (χ1n) is 11.0. The van der Waals surface area contributed by atoms with Gasteiger partial charge in [0.2, 0.25) is 0 Å². The summed E-state index contributed by atoms with van der Waals surface area (Å²) in [7, 11) is -3.52. The number of nitrogens with one attached hydrogen (secondary N) is 1. The molecule has 1 aromatic heterocycles. The van der Waals surface area contributed by atoms with Crippen LogP contribution in [0, 0.1) is 0 Å². The van der Waals surface area contributed by atoms with Gasteiger partial charge in [0.05, 0.1) is 18.1 Å². The van der Waals surface area contributed by atoms with Gasteiger partial charge in [-0.15, -0.1) is 0 Å². The monoisotopic (exact) mass is 446 g/mol. The molecule has 8 heteroatoms. The Hall–Kier alpha value is -2.16. The van der Waals surface area contributed by atoms with E-state index in [0.29, 0.717) is 6.54 Å². The van der Waals surface area contributed by atoms with Gasteiger partial charge >= 0.3 is 0 Å². The van der Waals surface area contributed by atoms with Crippen LogP contribution in [0.25, 0.3) is 0 Å². The fourth-order valence-corrected chi connectivity index (χ4v) is 5.93. The molecule has 2 aromatic rings. The smallest absolute Gasteiger partial charge is 0.287 e. The lowest BCUT2D eigenvalue weighted by atomic mass is 9.79. The van der Waals surface area contributed by atoms with Crippen LogP contribution in [0.5, 0.6) is 0 Å². The van der Waals surface area contributed by atoms with Gasteiger partial charge in [-0.25, -0.2) is 8.42 Å². The molecular formula is C23H30N2O5S. The van der Waals surface area contributed by atoms with Crippen molar-refractivity contribution >= 4 is 15.7 Å². The Balaban J connectivity index is 1.40. The van der Waals surface area contributed by atoms with Gasteiger partial charge in [0.25, 0.3) is 5.91 Å². The average molecular weight is 447 g/mol. The molecule has 1 aliphatic carbocycles. The number of rotatable bonds is 7. The van der Waals surface area contributed by atoms with Crippen molar-refractivity contribution in [1.82, 2.24) is 10.2 Å². The summed E-state index contributed by atoms with van der Waals surface area (Å²) >= 11 is 0. The molecule has 2 heterocycles. The number of furan rings is 1. The van der Waals surface area contributed by atoms with E-state index in [1.165, 1.54) is 6.42 Å². The summed E-state index contributed by atoms with van der Waals surface area (Å²) in [6.07, 6.45) is 5.68. The number of hydrogen-bond donors (Lipinski definition) is 1. The lowest BCUT2D eigenvalue weighted by Gasteiger charge is -2.48. The normalized spacial score (nSPS) is 19.7. The third-order valence-electron chi connectivity index (χ3n) is 6.36. The van der Waals surface area contributed by atoms with E-state index in [2.05, 4.69) is 10.2 Å². The summed E-state index contributed by atoms with van der Waals surface area (Å²) in [5.74, 6) is -0.176. The minimum absolute atomic E-state index is 0.0379. The van der Waals surface area contributed by atoms with E-state index in [0.717, 1.165) is 52.0 Å². The molecular weight excluding hydrogens is 416 g/mol. The van der Waals surface area contributed by atoms with Crippen LogP contribution in [0.15, 0.2) is 51.8 Å². The molecule has 2 fully saturated rings. The summed E-state index contributed by atoms with van der Waals surface area (Å²) < 4.78 is 36.2. The van der Waals surface area contributed by atoms with Crippen LogP contribution in [0.4, 0.5) is 0 Å². The lowest BCUT2D eigenvalue weighted by Crippen LogP contribution is -2.59. The molecule has 4 rings (SSSR count). The maximum absolute atomic E-state index is 12.8. The quantitative estimate of drug-likeness (QED) is 0.703. The molecule has 168 valence electrons. The van der Waals surface area contributed by atoms with Gasteiger partial charge in [0.1, 0.15) is 11.5 Å². The number of ether oxygens (including phenoxy) is 1. The standard InChI is InChI=1S/C23H30N2O5S/c26-22(24-18-23(11-5-2-6-12-23)25-13-15-29-16-14-25)21-10-9-19(30-21)17-31(27,28)20-7-3-1-4-8-20/h1,3-4,7-10H,2,5-6,11-18H2,(H,24,26). The van der Waals surface area contributed by atoms with E-state index in [1.54, 1.807) is 42.5 Å². The Morgan fingerprint density at radius 1 is 1.00 bits per heavy atom. The first-order valence-corrected chi connectivity index (χ1v) is 12.6. The third kappa shape index (κ3) is 5.19. The second-order valence-electron chi connectivity index (χ2n) is 8.41. The van der Waals surface area contributed by atoms with Crippen LogP contribution >= 0.6 is 0 Å². The van der Waals surface area contributed by atoms with Crippen molar-refractivity contribution in [2.24, 2.45) is 0 Å². The van der Waals surface area contributed by atoms with Crippen molar-refractivity contribution < 1.29 is 22.4 Å². The molecule has 7 nitrogen and oxygen atoms in total. The van der Waals surface area contributed by atoms with Crippen molar-refractivity contribution in [2.45, 2.75) is 48.3 Å². The van der Waals surface area contributed by atoms with Gasteiger partial charge in [-0.1, -0.05) is 37.5 Å². The minimum Gasteiger partial charge on any atom is -0.455 e. The molecule has 1 N–H and O–H groups in total. The molecule has 0 spiro atoms. The third-order valence-corrected chi connectivity index (χ3v) is 8.02. The maximum atomic E-state index is 12.8. The summed E-state index contributed by atoms with van der Waals surface area (Å²) in [6, 6.07) is 11.4. The number of sulfone groups is 1. The zero-order valence-electron chi connectivity index (χ0n) is 17.7. The van der Waals surface area contributed by atoms with Crippen molar-refractivity contribution in [2.75, 3.05) is 32.8 Å². The molecule has 0 unspecified atom stereocenters. The Morgan fingerprint density at radius 2 is 1.71 bits per heavy atom. The van der Waals surface area contributed by atoms with Crippen LogP contribution in [-0.4, -0.2) is 57.6 Å². The highest BCUT2D eigenvalue weighted by atomic mass is 32.2. The molecule has 0 atom stereocenters. The number of carbonyl (C=O) groups is 1. The van der Waals surface area contributed by atoms with Crippen LogP contribution < -0.4 is 5.32 Å². The van der Waals surface area contributed by atoms with Gasteiger partial charge in [-0.05, 0) is 37.1 Å². The van der Waals surface area contributed by atoms with Crippen LogP contribution in [0.1, 0.15) is 48.4 Å². The molecule has 1 saturated carbocycles. The van der Waals surface area contributed by atoms with Gasteiger partial charge < -0.3 is 14.5 Å². The van der Waals surface area contributed by atoms with Crippen molar-refractivity contribution in [3.8, 4) is 0 Å². The molecule has 1 aliphatic heterocycles. The highest BCUT2D eigenvalue weighted by Gasteiger charge is 2.39. The molecule has 0 bridgehead atoms. The SMILES string of the molecule is O=C(NCC1(N2CCOCC2)CCCCC1)c1ccc(CS(=O)(=O)c2ccccc2)o1. The summed E-state index contributed by atoms with van der Waals surface area (Å²) in [5, 5.41) is 3.05. The Morgan fingerprint density at radius 3 is 2.42 bits per heavy atom. The average Bonchev–Trinajstić information content (AvgIpc) is 3.27. The van der Waals surface area contributed by atoms with Crippen molar-refractivity contribution in [1.29, 1.82) is 0 Å². The zero-order valence-corrected chi connectivity index (χ0v) is 18.5. The second-order valence-corrected chi connectivity index (χ2v) is 10.4. The van der Waals surface area contributed by atoms with E-state index < -0.39 is 9.84 Å². The van der Waals surface area contributed by atoms with E-state index in [-0.39, 0.29) is 33.6 Å². The van der Waals surface area contributed by atoms with E-state index in [9.17, 15) is 13.2 Å². The molecule has 1 saturated heterocycles. The first-order chi connectivity index (χ1) is 15.0. The minimum atomic E-state index is -3.52. The lowest BCUT2D eigenvalue weighted by molar-refractivity contribution is -0.0362. The highest BCUT2D eigenvalue weighted by Crippen LogP contribution is 2.34. The fourth-order valence-electron chi connectivity index (χ4n) is 4.66. The number of amides is 1. The Bertz CT molecular complexity index is 974. The molecule has 0 radical (unpaired) electrons. The van der Waals surface area contributed by atoms with Crippen LogP contribution in [-0.2, 0) is 20.3 Å². The molecule has 1 aromatic carbocycles. The van der Waals surface area contributed by atoms with Crippen LogP contribution in [0.3, 0.4) is 0 Å². The summed E-state index contributed by atoms with van der Waals surface area (Å²) in [6.45, 7) is 3.79. The summed E-state index contributed by atoms with van der Waals surface area (Å²) in [5.41, 5.74) is -0.0379. The number of hydrogen-bond acceptors (Lipinski definition) is 6. The van der Waals surface area contributed by atoms with Gasteiger partial charge in [-0.2, -0.15) is 0 Å². The van der Waals surface area contributed by atoms with Gasteiger partial charge in [-0.3, -0.25) is 9.69 Å². The van der Waals surface area contributed by atoms with Crippen molar-refractivity contribution in [3.63, 3.8) is 0 Å². The first kappa shape index (κ1) is 22.0. The highest BCUT2D eigenvalue weighted by molar-refractivity contribution is 7.90. The number of benzene rings is 1. The molecule has 2 aliphatic rings.